The lowest BCUT2D eigenvalue weighted by atomic mass is 10.1. The molecule has 1 aliphatic heterocycles. The van der Waals surface area contributed by atoms with Crippen molar-refractivity contribution in [3.63, 3.8) is 0 Å². The SMILES string of the molecule is CCOC(=O)/C(C#N)=C/c1ccc(OCCN2CCOCC2)c(OC)c1. The maximum absolute atomic E-state index is 11.7. The molecule has 0 spiro atoms. The lowest BCUT2D eigenvalue weighted by Gasteiger charge is -2.26. The van der Waals surface area contributed by atoms with E-state index in [1.807, 2.05) is 6.07 Å². The lowest BCUT2D eigenvalue weighted by Crippen LogP contribution is -2.38. The molecule has 0 aromatic heterocycles. The summed E-state index contributed by atoms with van der Waals surface area (Å²) in [6, 6.07) is 7.11. The van der Waals surface area contributed by atoms with E-state index in [9.17, 15) is 4.79 Å². The summed E-state index contributed by atoms with van der Waals surface area (Å²) in [5.74, 6) is 0.522. The monoisotopic (exact) mass is 360 g/mol. The third-order valence-corrected chi connectivity index (χ3v) is 3.88. The van der Waals surface area contributed by atoms with Gasteiger partial charge in [0.15, 0.2) is 11.5 Å². The van der Waals surface area contributed by atoms with Crippen molar-refractivity contribution in [2.75, 3.05) is 53.2 Å². The molecule has 1 fully saturated rings. The average molecular weight is 360 g/mol. The fraction of sp³-hybridized carbons (Fsp3) is 0.474. The lowest BCUT2D eigenvalue weighted by molar-refractivity contribution is -0.137. The second-order valence-corrected chi connectivity index (χ2v) is 5.60. The molecule has 1 aromatic rings. The predicted octanol–water partition coefficient (Wildman–Crippen LogP) is 1.88. The first-order valence-corrected chi connectivity index (χ1v) is 8.57. The van der Waals surface area contributed by atoms with Gasteiger partial charge < -0.3 is 18.9 Å². The molecule has 1 heterocycles. The summed E-state index contributed by atoms with van der Waals surface area (Å²) >= 11 is 0. The molecule has 140 valence electrons. The molecule has 0 unspecified atom stereocenters. The summed E-state index contributed by atoms with van der Waals surface area (Å²) in [5.41, 5.74) is 0.599. The topological polar surface area (TPSA) is 81.0 Å². The molecule has 0 saturated carbocycles. The maximum Gasteiger partial charge on any atom is 0.348 e. The highest BCUT2D eigenvalue weighted by Gasteiger charge is 2.13. The van der Waals surface area contributed by atoms with Gasteiger partial charge in [0.25, 0.3) is 0 Å². The summed E-state index contributed by atoms with van der Waals surface area (Å²) in [6.45, 7) is 6.60. The molecule has 0 aliphatic carbocycles. The molecule has 1 aliphatic rings. The Bertz CT molecular complexity index is 675. The van der Waals surface area contributed by atoms with Crippen LogP contribution < -0.4 is 9.47 Å². The Morgan fingerprint density at radius 3 is 2.77 bits per heavy atom. The fourth-order valence-corrected chi connectivity index (χ4v) is 2.52. The number of hydrogen-bond donors (Lipinski definition) is 0. The minimum atomic E-state index is -0.639. The molecule has 26 heavy (non-hydrogen) atoms. The van der Waals surface area contributed by atoms with Gasteiger partial charge >= 0.3 is 5.97 Å². The molecule has 1 aromatic carbocycles. The highest BCUT2D eigenvalue weighted by Crippen LogP contribution is 2.29. The van der Waals surface area contributed by atoms with Crippen molar-refractivity contribution < 1.29 is 23.7 Å². The summed E-state index contributed by atoms with van der Waals surface area (Å²) < 4.78 is 21.4. The minimum absolute atomic E-state index is 0.0603. The first kappa shape index (κ1) is 19.8. The van der Waals surface area contributed by atoms with Crippen LogP contribution in [-0.4, -0.2) is 64.0 Å². The van der Waals surface area contributed by atoms with Crippen molar-refractivity contribution in [1.29, 1.82) is 5.26 Å². The molecular weight excluding hydrogens is 336 g/mol. The van der Waals surface area contributed by atoms with E-state index < -0.39 is 5.97 Å². The van der Waals surface area contributed by atoms with Crippen LogP contribution in [0.25, 0.3) is 6.08 Å². The summed E-state index contributed by atoms with van der Waals surface area (Å²) in [6.07, 6.45) is 1.47. The maximum atomic E-state index is 11.7. The fourth-order valence-electron chi connectivity index (χ4n) is 2.52. The van der Waals surface area contributed by atoms with E-state index in [0.717, 1.165) is 32.8 Å². The number of benzene rings is 1. The molecule has 0 N–H and O–H groups in total. The summed E-state index contributed by atoms with van der Waals surface area (Å²) in [5, 5.41) is 9.12. The van der Waals surface area contributed by atoms with Crippen molar-refractivity contribution in [2.24, 2.45) is 0 Å². The van der Waals surface area contributed by atoms with Gasteiger partial charge in [-0.1, -0.05) is 6.07 Å². The van der Waals surface area contributed by atoms with Crippen molar-refractivity contribution in [3.05, 3.63) is 29.3 Å². The van der Waals surface area contributed by atoms with Crippen LogP contribution in [0.2, 0.25) is 0 Å². The number of rotatable bonds is 8. The number of hydrogen-bond acceptors (Lipinski definition) is 7. The van der Waals surface area contributed by atoms with E-state index in [1.165, 1.54) is 6.08 Å². The van der Waals surface area contributed by atoms with E-state index in [1.54, 1.807) is 32.2 Å². The van der Waals surface area contributed by atoms with Crippen LogP contribution in [0.1, 0.15) is 12.5 Å². The third kappa shape index (κ3) is 5.76. The first-order chi connectivity index (χ1) is 12.7. The molecule has 1 saturated heterocycles. The van der Waals surface area contributed by atoms with Gasteiger partial charge in [-0.05, 0) is 30.7 Å². The van der Waals surface area contributed by atoms with E-state index in [2.05, 4.69) is 4.90 Å². The van der Waals surface area contributed by atoms with Crippen molar-refractivity contribution in [2.45, 2.75) is 6.92 Å². The van der Waals surface area contributed by atoms with Crippen molar-refractivity contribution >= 4 is 12.0 Å². The summed E-state index contributed by atoms with van der Waals surface area (Å²) in [7, 11) is 1.55. The van der Waals surface area contributed by atoms with E-state index >= 15 is 0 Å². The quantitative estimate of drug-likeness (QED) is 0.398. The van der Waals surface area contributed by atoms with Crippen molar-refractivity contribution in [1.82, 2.24) is 4.90 Å². The number of nitrogens with zero attached hydrogens (tertiary/aromatic N) is 2. The van der Waals surface area contributed by atoms with Gasteiger partial charge in [0, 0.05) is 19.6 Å². The van der Waals surface area contributed by atoms with Crippen LogP contribution in [0, 0.1) is 11.3 Å². The Balaban J connectivity index is 2.01. The van der Waals surface area contributed by atoms with Gasteiger partial charge in [0.05, 0.1) is 26.9 Å². The Hall–Kier alpha value is -2.56. The zero-order valence-electron chi connectivity index (χ0n) is 15.2. The van der Waals surface area contributed by atoms with Gasteiger partial charge in [-0.2, -0.15) is 5.26 Å². The molecule has 7 heteroatoms. The minimum Gasteiger partial charge on any atom is -0.493 e. The van der Waals surface area contributed by atoms with Gasteiger partial charge in [-0.15, -0.1) is 0 Å². The Labute approximate surface area is 153 Å². The zero-order valence-corrected chi connectivity index (χ0v) is 15.2. The van der Waals surface area contributed by atoms with Crippen LogP contribution in [0.15, 0.2) is 23.8 Å². The first-order valence-electron chi connectivity index (χ1n) is 8.57. The van der Waals surface area contributed by atoms with E-state index in [-0.39, 0.29) is 12.2 Å². The Morgan fingerprint density at radius 2 is 2.12 bits per heavy atom. The van der Waals surface area contributed by atoms with Gasteiger partial charge in [-0.3, -0.25) is 4.90 Å². The molecule has 2 rings (SSSR count). The standard InChI is InChI=1S/C19H24N2O5/c1-3-25-19(22)16(14-20)12-15-4-5-17(18(13-15)23-2)26-11-8-21-6-9-24-10-7-21/h4-5,12-13H,3,6-11H2,1-2H3/b16-12+. The zero-order chi connectivity index (χ0) is 18.8. The van der Waals surface area contributed by atoms with Crippen LogP contribution in [-0.2, 0) is 14.3 Å². The smallest absolute Gasteiger partial charge is 0.348 e. The molecule has 7 nitrogen and oxygen atoms in total. The number of carbonyl (C=O) groups excluding carboxylic acids is 1. The Morgan fingerprint density at radius 1 is 1.35 bits per heavy atom. The number of carbonyl (C=O) groups is 1. The van der Waals surface area contributed by atoms with Crippen LogP contribution in [0.4, 0.5) is 0 Å². The van der Waals surface area contributed by atoms with E-state index in [0.29, 0.717) is 23.7 Å². The second kappa shape index (κ2) is 10.4. The number of ether oxygens (including phenoxy) is 4. The number of methoxy groups -OCH3 is 1. The molecule has 0 bridgehead atoms. The average Bonchev–Trinajstić information content (AvgIpc) is 2.67. The van der Waals surface area contributed by atoms with Crippen molar-refractivity contribution in [3.8, 4) is 17.6 Å². The van der Waals surface area contributed by atoms with Crippen LogP contribution in [0.5, 0.6) is 11.5 Å². The number of esters is 1. The van der Waals surface area contributed by atoms with Gasteiger partial charge in [0.1, 0.15) is 18.2 Å². The second-order valence-electron chi connectivity index (χ2n) is 5.60. The summed E-state index contributed by atoms with van der Waals surface area (Å²) in [4.78, 5) is 14.0. The third-order valence-electron chi connectivity index (χ3n) is 3.88. The van der Waals surface area contributed by atoms with Crippen LogP contribution >= 0.6 is 0 Å². The Kier molecular flexibility index (Phi) is 7.93. The molecule has 0 radical (unpaired) electrons. The molecule has 0 atom stereocenters. The molecule has 0 amide bonds. The number of morpholine rings is 1. The highest BCUT2D eigenvalue weighted by molar-refractivity contribution is 5.97. The van der Waals surface area contributed by atoms with E-state index in [4.69, 9.17) is 24.2 Å². The number of nitriles is 1. The largest absolute Gasteiger partial charge is 0.493 e. The highest BCUT2D eigenvalue weighted by atomic mass is 16.5. The normalized spacial score (nSPS) is 15.2. The molecular formula is C19H24N2O5. The predicted molar refractivity (Wildman–Crippen MR) is 96.0 cm³/mol. The van der Waals surface area contributed by atoms with Crippen LogP contribution in [0.3, 0.4) is 0 Å². The van der Waals surface area contributed by atoms with Gasteiger partial charge in [0.2, 0.25) is 0 Å². The van der Waals surface area contributed by atoms with Gasteiger partial charge in [-0.25, -0.2) is 4.79 Å².